The number of carbonyl (C=O) groups excluding carboxylic acids is 2. The lowest BCUT2D eigenvalue weighted by atomic mass is 10.2. The molecular weight excluding hydrogens is 467 g/mol. The molecule has 0 saturated carbocycles. The first-order chi connectivity index (χ1) is 17.3. The van der Waals surface area contributed by atoms with Crippen LogP contribution >= 0.6 is 0 Å². The first-order valence-corrected chi connectivity index (χ1v) is 11.4. The maximum Gasteiger partial charge on any atom is 0.341 e. The van der Waals surface area contributed by atoms with Crippen molar-refractivity contribution in [1.82, 2.24) is 14.0 Å². The topological polar surface area (TPSA) is 104 Å². The molecule has 4 rings (SSSR count). The van der Waals surface area contributed by atoms with Crippen LogP contribution in [0.4, 0.5) is 4.39 Å². The van der Waals surface area contributed by atoms with Gasteiger partial charge >= 0.3 is 5.97 Å². The molecule has 0 saturated heterocycles. The summed E-state index contributed by atoms with van der Waals surface area (Å²) in [5, 5.41) is 0.173. The first-order valence-electron chi connectivity index (χ1n) is 11.4. The summed E-state index contributed by atoms with van der Waals surface area (Å²) < 4.78 is 26.8. The number of fused-ring (bicyclic) bond motifs is 2. The van der Waals surface area contributed by atoms with Crippen LogP contribution in [0.3, 0.4) is 0 Å². The number of esters is 1. The quantitative estimate of drug-likeness (QED) is 0.223. The Morgan fingerprint density at radius 2 is 1.89 bits per heavy atom. The van der Waals surface area contributed by atoms with Crippen molar-refractivity contribution in [2.75, 3.05) is 20.3 Å². The number of rotatable bonds is 7. The number of amides is 1. The van der Waals surface area contributed by atoms with Crippen LogP contribution in [0.25, 0.3) is 16.7 Å². The Labute approximate surface area is 205 Å². The van der Waals surface area contributed by atoms with Gasteiger partial charge in [0, 0.05) is 32.0 Å². The van der Waals surface area contributed by atoms with Crippen LogP contribution in [-0.4, -0.2) is 46.2 Å². The molecule has 10 heteroatoms. The van der Waals surface area contributed by atoms with Gasteiger partial charge in [-0.05, 0) is 62.2 Å². The first kappa shape index (κ1) is 24.9. The number of aryl methyl sites for hydroxylation is 2. The predicted octanol–water partition coefficient (Wildman–Crippen LogP) is 3.05. The summed E-state index contributed by atoms with van der Waals surface area (Å²) in [6, 6.07) is 9.85. The molecule has 0 aliphatic rings. The predicted molar refractivity (Wildman–Crippen MR) is 130 cm³/mol. The number of aromatic nitrogens is 3. The highest BCUT2D eigenvalue weighted by molar-refractivity contribution is 5.97. The highest BCUT2D eigenvalue weighted by Crippen LogP contribution is 2.14. The average molecular weight is 493 g/mol. The highest BCUT2D eigenvalue weighted by Gasteiger charge is 2.20. The molecule has 0 fully saturated rings. The third-order valence-electron chi connectivity index (χ3n) is 5.63. The molecule has 36 heavy (non-hydrogen) atoms. The maximum absolute atomic E-state index is 13.4. The van der Waals surface area contributed by atoms with E-state index in [9.17, 15) is 18.8 Å². The zero-order valence-electron chi connectivity index (χ0n) is 20.2. The molecule has 3 aromatic heterocycles. The van der Waals surface area contributed by atoms with Gasteiger partial charge in [0.25, 0.3) is 11.5 Å². The van der Waals surface area contributed by atoms with Gasteiger partial charge in [-0.25, -0.2) is 14.2 Å². The second-order valence-corrected chi connectivity index (χ2v) is 8.06. The van der Waals surface area contributed by atoms with Crippen LogP contribution in [0.1, 0.15) is 39.6 Å². The van der Waals surface area contributed by atoms with E-state index in [0.29, 0.717) is 18.7 Å². The van der Waals surface area contributed by atoms with Gasteiger partial charge in [0.1, 0.15) is 22.7 Å². The molecule has 0 spiro atoms. The van der Waals surface area contributed by atoms with E-state index >= 15 is 0 Å². The van der Waals surface area contributed by atoms with Crippen molar-refractivity contribution in [3.05, 3.63) is 87.0 Å². The van der Waals surface area contributed by atoms with Crippen molar-refractivity contribution in [3.63, 3.8) is 0 Å². The smallest absolute Gasteiger partial charge is 0.341 e. The zero-order chi connectivity index (χ0) is 25.8. The molecule has 9 nitrogen and oxygen atoms in total. The lowest BCUT2D eigenvalue weighted by Gasteiger charge is -2.15. The lowest BCUT2D eigenvalue weighted by Crippen LogP contribution is -2.33. The standard InChI is InChI=1S/C26H25FN4O5/c1-4-36-26(34)20-15-19-22(28-21-16(2)7-5-12-31(21)25(19)33)30(13-6-14-35-3)23(20)29-24(32)17-8-10-18(27)11-9-17/h5,7-12,15H,4,6,13-14H2,1-3H3. The largest absolute Gasteiger partial charge is 0.462 e. The molecular formula is C26H25FN4O5. The molecule has 0 unspecified atom stereocenters. The van der Waals surface area contributed by atoms with Crippen molar-refractivity contribution >= 4 is 28.6 Å². The zero-order valence-corrected chi connectivity index (χ0v) is 20.2. The molecule has 1 amide bonds. The summed E-state index contributed by atoms with van der Waals surface area (Å²) in [4.78, 5) is 48.4. The van der Waals surface area contributed by atoms with E-state index < -0.39 is 17.7 Å². The normalized spacial score (nSPS) is 11.8. The maximum atomic E-state index is 13.4. The summed E-state index contributed by atoms with van der Waals surface area (Å²) in [5.41, 5.74) is 1.19. The Morgan fingerprint density at radius 1 is 1.14 bits per heavy atom. The number of benzene rings is 1. The van der Waals surface area contributed by atoms with Crippen molar-refractivity contribution in [2.24, 2.45) is 4.99 Å². The Balaban J connectivity index is 2.11. The average Bonchev–Trinajstić information content (AvgIpc) is 2.86. The van der Waals surface area contributed by atoms with Crippen LogP contribution in [0.2, 0.25) is 0 Å². The molecule has 0 N–H and O–H groups in total. The molecule has 0 bridgehead atoms. The number of halogens is 1. The van der Waals surface area contributed by atoms with Crippen LogP contribution in [0, 0.1) is 12.7 Å². The minimum atomic E-state index is -0.737. The summed E-state index contributed by atoms with van der Waals surface area (Å²) in [7, 11) is 1.56. The van der Waals surface area contributed by atoms with Gasteiger partial charge in [0.15, 0.2) is 5.49 Å². The van der Waals surface area contributed by atoms with Crippen LogP contribution in [-0.2, 0) is 16.0 Å². The van der Waals surface area contributed by atoms with Gasteiger partial charge in [-0.15, -0.1) is 0 Å². The summed E-state index contributed by atoms with van der Waals surface area (Å²) in [6.07, 6.45) is 2.09. The molecule has 0 aliphatic carbocycles. The van der Waals surface area contributed by atoms with Crippen molar-refractivity contribution < 1.29 is 23.5 Å². The highest BCUT2D eigenvalue weighted by atomic mass is 19.1. The van der Waals surface area contributed by atoms with Gasteiger partial charge in [-0.2, -0.15) is 4.99 Å². The third kappa shape index (κ3) is 4.80. The lowest BCUT2D eigenvalue weighted by molar-refractivity contribution is 0.0523. The van der Waals surface area contributed by atoms with Gasteiger partial charge < -0.3 is 14.0 Å². The minimum absolute atomic E-state index is 0.00351. The molecule has 3 heterocycles. The summed E-state index contributed by atoms with van der Waals surface area (Å²) in [5.74, 6) is -1.92. The van der Waals surface area contributed by atoms with E-state index in [1.54, 1.807) is 30.9 Å². The number of pyridine rings is 2. The monoisotopic (exact) mass is 492 g/mol. The van der Waals surface area contributed by atoms with Crippen molar-refractivity contribution in [1.29, 1.82) is 0 Å². The van der Waals surface area contributed by atoms with Gasteiger partial charge in [0.05, 0.1) is 12.0 Å². The molecule has 0 aliphatic heterocycles. The summed E-state index contributed by atoms with van der Waals surface area (Å²) in [6.45, 7) is 4.20. The fraction of sp³-hybridized carbons (Fsp3) is 0.269. The van der Waals surface area contributed by atoms with Crippen LogP contribution in [0.15, 0.2) is 58.4 Å². The Hall–Kier alpha value is -4.18. The number of nitrogens with zero attached hydrogens (tertiary/aromatic N) is 4. The Kier molecular flexibility index (Phi) is 7.35. The number of hydrogen-bond acceptors (Lipinski definition) is 6. The second kappa shape index (κ2) is 10.6. The van der Waals surface area contributed by atoms with Crippen LogP contribution < -0.4 is 11.0 Å². The fourth-order valence-electron chi connectivity index (χ4n) is 3.90. The number of methoxy groups -OCH3 is 1. The van der Waals surface area contributed by atoms with E-state index in [0.717, 1.165) is 17.7 Å². The molecule has 186 valence electrons. The van der Waals surface area contributed by atoms with E-state index in [1.165, 1.54) is 22.6 Å². The number of hydrogen-bond donors (Lipinski definition) is 0. The van der Waals surface area contributed by atoms with Crippen molar-refractivity contribution in [3.8, 4) is 0 Å². The molecule has 0 atom stereocenters. The van der Waals surface area contributed by atoms with Gasteiger partial charge in [-0.3, -0.25) is 14.0 Å². The van der Waals surface area contributed by atoms with Crippen molar-refractivity contribution in [2.45, 2.75) is 26.8 Å². The Morgan fingerprint density at radius 3 is 2.58 bits per heavy atom. The van der Waals surface area contributed by atoms with Gasteiger partial charge in [0.2, 0.25) is 0 Å². The second-order valence-electron chi connectivity index (χ2n) is 8.06. The molecule has 4 aromatic rings. The van der Waals surface area contributed by atoms with Crippen LogP contribution in [0.5, 0.6) is 0 Å². The van der Waals surface area contributed by atoms with E-state index in [2.05, 4.69) is 4.99 Å². The number of ether oxygens (including phenoxy) is 2. The Bertz CT molecular complexity index is 1590. The van der Waals surface area contributed by atoms with E-state index in [1.807, 2.05) is 13.0 Å². The SMILES string of the molecule is CCOC(=O)c1cc2c(=O)n3cccc(C)c3nc2n(CCCOC)c1=NC(=O)c1ccc(F)cc1. The third-order valence-corrected chi connectivity index (χ3v) is 5.63. The summed E-state index contributed by atoms with van der Waals surface area (Å²) >= 11 is 0. The minimum Gasteiger partial charge on any atom is -0.462 e. The molecule has 1 aromatic carbocycles. The number of carbonyl (C=O) groups is 2. The molecule has 0 radical (unpaired) electrons. The van der Waals surface area contributed by atoms with Gasteiger partial charge in [-0.1, -0.05) is 6.07 Å². The van der Waals surface area contributed by atoms with E-state index in [-0.39, 0.29) is 46.4 Å². The van der Waals surface area contributed by atoms with E-state index in [4.69, 9.17) is 14.5 Å². The fourth-order valence-corrected chi connectivity index (χ4v) is 3.90.